The summed E-state index contributed by atoms with van der Waals surface area (Å²) in [5.74, 6) is -0.128. The molecule has 2 N–H and O–H groups in total. The number of hydrogen-bond acceptors (Lipinski definition) is 5. The lowest BCUT2D eigenvalue weighted by Crippen LogP contribution is -2.46. The topological polar surface area (TPSA) is 111 Å². The van der Waals surface area contributed by atoms with Gasteiger partial charge in [-0.1, -0.05) is 38.3 Å². The number of carbonyl (C=O) groups is 2. The van der Waals surface area contributed by atoms with Crippen molar-refractivity contribution in [2.75, 3.05) is 6.61 Å². The number of rotatable bonds is 6. The van der Waals surface area contributed by atoms with Crippen LogP contribution in [0.25, 0.3) is 0 Å². The molecule has 0 radical (unpaired) electrons. The second-order valence-electron chi connectivity index (χ2n) is 7.23. The molecule has 8 heteroatoms. The van der Waals surface area contributed by atoms with Crippen molar-refractivity contribution in [2.45, 2.75) is 51.5 Å². The van der Waals surface area contributed by atoms with Gasteiger partial charge in [-0.3, -0.25) is 10.1 Å². The average molecular weight is 387 g/mol. The molecule has 1 aliphatic carbocycles. The van der Waals surface area contributed by atoms with E-state index in [0.717, 1.165) is 25.7 Å². The number of hydrogen-bond donors (Lipinski definition) is 2. The van der Waals surface area contributed by atoms with Crippen LogP contribution in [0.15, 0.2) is 35.5 Å². The molecule has 2 aliphatic rings. The summed E-state index contributed by atoms with van der Waals surface area (Å²) in [7, 11) is 0. The summed E-state index contributed by atoms with van der Waals surface area (Å²) in [5.41, 5.74) is 1.16. The molecule has 8 nitrogen and oxygen atoms in total. The quantitative estimate of drug-likeness (QED) is 0.439. The number of ether oxygens (including phenoxy) is 1. The summed E-state index contributed by atoms with van der Waals surface area (Å²) in [6.45, 7) is 2.19. The fraction of sp³-hybridized carbons (Fsp3) is 0.500. The largest absolute Gasteiger partial charge is 0.462 e. The van der Waals surface area contributed by atoms with Crippen molar-refractivity contribution in [2.24, 2.45) is 5.92 Å². The van der Waals surface area contributed by atoms with Crippen LogP contribution in [0, 0.1) is 16.0 Å². The Morgan fingerprint density at radius 2 is 2.04 bits per heavy atom. The van der Waals surface area contributed by atoms with Crippen molar-refractivity contribution in [3.63, 3.8) is 0 Å². The SMILES string of the molecule is CCC1=C(C(=O)OCC2CCCCC2)C(c2cccc([N+](=O)[O-])c2)NC(=O)N1. The van der Waals surface area contributed by atoms with Crippen molar-refractivity contribution in [1.29, 1.82) is 0 Å². The van der Waals surface area contributed by atoms with Crippen molar-refractivity contribution in [1.82, 2.24) is 10.6 Å². The first-order valence-corrected chi connectivity index (χ1v) is 9.71. The van der Waals surface area contributed by atoms with Gasteiger partial charge in [0.15, 0.2) is 0 Å². The van der Waals surface area contributed by atoms with Gasteiger partial charge in [-0.25, -0.2) is 9.59 Å². The molecule has 28 heavy (non-hydrogen) atoms. The van der Waals surface area contributed by atoms with Crippen LogP contribution in [0.2, 0.25) is 0 Å². The van der Waals surface area contributed by atoms with Crippen LogP contribution in [-0.2, 0) is 9.53 Å². The number of carbonyl (C=O) groups excluding carboxylic acids is 2. The van der Waals surface area contributed by atoms with Crippen molar-refractivity contribution < 1.29 is 19.2 Å². The zero-order valence-corrected chi connectivity index (χ0v) is 15.9. The van der Waals surface area contributed by atoms with Crippen molar-refractivity contribution in [3.8, 4) is 0 Å². The predicted octanol–water partition coefficient (Wildman–Crippen LogP) is 3.74. The molecule has 0 spiro atoms. The fourth-order valence-electron chi connectivity index (χ4n) is 3.83. The number of nitro groups is 1. The van der Waals surface area contributed by atoms with Gasteiger partial charge >= 0.3 is 12.0 Å². The Bertz CT molecular complexity index is 799. The molecule has 1 heterocycles. The summed E-state index contributed by atoms with van der Waals surface area (Å²) in [6.07, 6.45) is 6.07. The highest BCUT2D eigenvalue weighted by molar-refractivity contribution is 5.95. The van der Waals surface area contributed by atoms with Crippen LogP contribution in [0.1, 0.15) is 57.1 Å². The molecule has 1 fully saturated rings. The summed E-state index contributed by atoms with van der Waals surface area (Å²) in [6, 6.07) is 4.71. The zero-order chi connectivity index (χ0) is 20.1. The highest BCUT2D eigenvalue weighted by atomic mass is 16.6. The van der Waals surface area contributed by atoms with Crippen LogP contribution < -0.4 is 10.6 Å². The van der Waals surface area contributed by atoms with E-state index in [0.29, 0.717) is 35.8 Å². The van der Waals surface area contributed by atoms with E-state index in [1.807, 2.05) is 6.92 Å². The molecule has 1 saturated carbocycles. The number of esters is 1. The normalized spacial score (nSPS) is 20.3. The number of amides is 2. The summed E-state index contributed by atoms with van der Waals surface area (Å²) < 4.78 is 5.60. The Morgan fingerprint density at radius 3 is 2.71 bits per heavy atom. The van der Waals surface area contributed by atoms with Crippen LogP contribution in [0.5, 0.6) is 0 Å². The molecule has 0 saturated heterocycles. The Kier molecular flexibility index (Phi) is 6.28. The summed E-state index contributed by atoms with van der Waals surface area (Å²) >= 11 is 0. The van der Waals surface area contributed by atoms with E-state index in [2.05, 4.69) is 10.6 Å². The van der Waals surface area contributed by atoms with E-state index >= 15 is 0 Å². The number of urea groups is 1. The number of nitrogens with one attached hydrogen (secondary N) is 2. The number of nitro benzene ring substituents is 1. The highest BCUT2D eigenvalue weighted by Gasteiger charge is 2.34. The molecular formula is C20H25N3O5. The van der Waals surface area contributed by atoms with Gasteiger partial charge < -0.3 is 15.4 Å². The van der Waals surface area contributed by atoms with Crippen LogP contribution in [0.4, 0.5) is 10.5 Å². The second-order valence-corrected chi connectivity index (χ2v) is 7.23. The molecule has 2 amide bonds. The highest BCUT2D eigenvalue weighted by Crippen LogP contribution is 2.31. The minimum absolute atomic E-state index is 0.0988. The van der Waals surface area contributed by atoms with Crippen molar-refractivity contribution >= 4 is 17.7 Å². The third kappa shape index (κ3) is 4.49. The van der Waals surface area contributed by atoms with Gasteiger partial charge in [0.1, 0.15) is 0 Å². The lowest BCUT2D eigenvalue weighted by Gasteiger charge is -2.29. The zero-order valence-electron chi connectivity index (χ0n) is 15.9. The first-order valence-electron chi connectivity index (χ1n) is 9.71. The molecule has 0 bridgehead atoms. The lowest BCUT2D eigenvalue weighted by molar-refractivity contribution is -0.384. The average Bonchev–Trinajstić information content (AvgIpc) is 2.72. The maximum absolute atomic E-state index is 12.9. The Labute approximate surface area is 163 Å². The Balaban J connectivity index is 1.86. The smallest absolute Gasteiger partial charge is 0.338 e. The number of benzene rings is 1. The Hall–Kier alpha value is -2.90. The molecule has 1 aromatic rings. The van der Waals surface area contributed by atoms with Crippen LogP contribution in [0.3, 0.4) is 0 Å². The monoisotopic (exact) mass is 387 g/mol. The van der Waals surface area contributed by atoms with E-state index in [1.54, 1.807) is 6.07 Å². The van der Waals surface area contributed by atoms with Crippen molar-refractivity contribution in [3.05, 3.63) is 51.2 Å². The number of allylic oxidation sites excluding steroid dienone is 1. The van der Waals surface area contributed by atoms with E-state index in [4.69, 9.17) is 4.74 Å². The molecule has 0 aromatic heterocycles. The molecule has 1 aliphatic heterocycles. The minimum atomic E-state index is -0.789. The molecule has 1 atom stereocenters. The lowest BCUT2D eigenvalue weighted by atomic mass is 9.90. The van der Waals surface area contributed by atoms with E-state index in [9.17, 15) is 19.7 Å². The van der Waals surface area contributed by atoms with Gasteiger partial charge in [0, 0.05) is 17.8 Å². The molecule has 3 rings (SSSR count). The van der Waals surface area contributed by atoms with E-state index in [1.165, 1.54) is 24.6 Å². The fourth-order valence-corrected chi connectivity index (χ4v) is 3.83. The standard InChI is InChI=1S/C20H25N3O5/c1-2-16-17(19(24)28-12-13-7-4-3-5-8-13)18(22-20(25)21-16)14-9-6-10-15(11-14)23(26)27/h6,9-11,13,18H,2-5,7-8,12H2,1H3,(H2,21,22,25). The first-order chi connectivity index (χ1) is 13.5. The minimum Gasteiger partial charge on any atom is -0.462 e. The Morgan fingerprint density at radius 1 is 1.29 bits per heavy atom. The van der Waals surface area contributed by atoms with Gasteiger partial charge in [0.05, 0.1) is 23.1 Å². The molecule has 150 valence electrons. The summed E-state index contributed by atoms with van der Waals surface area (Å²) in [5, 5.41) is 16.5. The number of non-ortho nitro benzene ring substituents is 1. The third-order valence-corrected chi connectivity index (χ3v) is 5.32. The third-order valence-electron chi connectivity index (χ3n) is 5.32. The maximum atomic E-state index is 12.9. The molecule has 1 aromatic carbocycles. The van der Waals surface area contributed by atoms with Crippen LogP contribution >= 0.6 is 0 Å². The first kappa shape index (κ1) is 19.9. The predicted molar refractivity (Wildman–Crippen MR) is 102 cm³/mol. The van der Waals surface area contributed by atoms with Gasteiger partial charge in [0.25, 0.3) is 5.69 Å². The summed E-state index contributed by atoms with van der Waals surface area (Å²) in [4.78, 5) is 35.6. The van der Waals surface area contributed by atoms with Gasteiger partial charge in [0.2, 0.25) is 0 Å². The molecule has 1 unspecified atom stereocenters. The van der Waals surface area contributed by atoms with Gasteiger partial charge in [-0.05, 0) is 30.7 Å². The van der Waals surface area contributed by atoms with E-state index in [-0.39, 0.29) is 5.69 Å². The second kappa shape index (κ2) is 8.86. The van der Waals surface area contributed by atoms with E-state index < -0.39 is 23.0 Å². The number of nitrogens with zero attached hydrogens (tertiary/aromatic N) is 1. The molecular weight excluding hydrogens is 362 g/mol. The van der Waals surface area contributed by atoms with Gasteiger partial charge in [-0.15, -0.1) is 0 Å². The van der Waals surface area contributed by atoms with Crippen LogP contribution in [-0.4, -0.2) is 23.5 Å². The maximum Gasteiger partial charge on any atom is 0.338 e. The van der Waals surface area contributed by atoms with Gasteiger partial charge in [-0.2, -0.15) is 0 Å².